The fourth-order valence-electron chi connectivity index (χ4n) is 10.7. The number of amides is 5. The molecule has 4 aromatic carbocycles. The van der Waals surface area contributed by atoms with Crippen LogP contribution in [0.1, 0.15) is 104 Å². The molecular weight excluding hydrogens is 856 g/mol. The zero-order valence-corrected chi connectivity index (χ0v) is 37.3. The van der Waals surface area contributed by atoms with Crippen LogP contribution >= 0.6 is 11.6 Å². The minimum absolute atomic E-state index is 0.0121. The molecule has 9 rings (SSSR count). The summed E-state index contributed by atoms with van der Waals surface area (Å²) in [5.41, 5.74) is 7.61. The highest BCUT2D eigenvalue weighted by Crippen LogP contribution is 2.56. The monoisotopic (exact) mass is 907 g/mol. The van der Waals surface area contributed by atoms with Gasteiger partial charge >= 0.3 is 6.03 Å². The summed E-state index contributed by atoms with van der Waals surface area (Å²) in [6.45, 7) is 2.51. The minimum Gasteiger partial charge on any atom is -0.494 e. The fourth-order valence-corrected chi connectivity index (χ4v) is 11.0. The molecule has 340 valence electrons. The highest BCUT2D eigenvalue weighted by molar-refractivity contribution is 6.34. The van der Waals surface area contributed by atoms with Gasteiger partial charge < -0.3 is 25.8 Å². The number of benzene rings is 4. The fraction of sp³-hybridized carbons (Fsp3) is 0.408. The van der Waals surface area contributed by atoms with Crippen LogP contribution in [0.3, 0.4) is 0 Å². The van der Waals surface area contributed by atoms with Crippen molar-refractivity contribution in [3.05, 3.63) is 106 Å². The number of rotatable bonds is 11. The Bertz CT molecular complexity index is 2700. The average molecular weight is 908 g/mol. The predicted molar refractivity (Wildman–Crippen MR) is 242 cm³/mol. The third kappa shape index (κ3) is 7.96. The molecule has 0 spiro atoms. The van der Waals surface area contributed by atoms with Crippen LogP contribution in [0, 0.1) is 17.6 Å². The number of aryl methyl sites for hydroxylation is 1. The van der Waals surface area contributed by atoms with Crippen LogP contribution in [-0.4, -0.2) is 65.8 Å². The Labute approximate surface area is 380 Å². The van der Waals surface area contributed by atoms with Crippen molar-refractivity contribution >= 4 is 52.1 Å². The van der Waals surface area contributed by atoms with Gasteiger partial charge in [0.05, 0.1) is 23.2 Å². The van der Waals surface area contributed by atoms with Gasteiger partial charge in [-0.15, -0.1) is 0 Å². The molecule has 4 aliphatic rings. The Morgan fingerprint density at radius 3 is 2.38 bits per heavy atom. The SMILES string of the molecule is COc1ccc(C(N)=O)c(-c2c(Cl)c(F)cc3c2[C@H](C)[C@@](CNC2CCC(C(=O)NC4CCC(c5cccc6c(N7CCC(=O)NC7=O)nn(C)c56)CC4)CC2)(c2ccccc2)O3)c1F. The number of urea groups is 1. The molecule has 0 bridgehead atoms. The number of hydrogen-bond acceptors (Lipinski definition) is 8. The second-order valence-electron chi connectivity index (χ2n) is 17.8. The van der Waals surface area contributed by atoms with Crippen molar-refractivity contribution < 1.29 is 37.4 Å². The Morgan fingerprint density at radius 1 is 0.969 bits per heavy atom. The van der Waals surface area contributed by atoms with E-state index >= 15 is 8.78 Å². The third-order valence-corrected chi connectivity index (χ3v) is 14.6. The number of nitrogens with two attached hydrogens (primary N) is 1. The number of fused-ring (bicyclic) bond motifs is 2. The number of hydrogen-bond donors (Lipinski definition) is 4. The summed E-state index contributed by atoms with van der Waals surface area (Å²) in [6, 6.07) is 19.2. The molecule has 2 atom stereocenters. The summed E-state index contributed by atoms with van der Waals surface area (Å²) < 4.78 is 45.8. The number of imide groups is 1. The Kier molecular flexibility index (Phi) is 12.0. The first-order valence-corrected chi connectivity index (χ1v) is 22.7. The van der Waals surface area contributed by atoms with Crippen molar-refractivity contribution in [2.75, 3.05) is 25.1 Å². The van der Waals surface area contributed by atoms with Crippen molar-refractivity contribution in [2.45, 2.75) is 94.2 Å². The lowest BCUT2D eigenvalue weighted by Gasteiger charge is -2.37. The summed E-state index contributed by atoms with van der Waals surface area (Å²) in [7, 11) is 3.18. The van der Waals surface area contributed by atoms with Crippen molar-refractivity contribution in [1.29, 1.82) is 0 Å². The van der Waals surface area contributed by atoms with Gasteiger partial charge in [0.2, 0.25) is 17.7 Å². The van der Waals surface area contributed by atoms with Crippen LogP contribution in [0.4, 0.5) is 19.4 Å². The number of carbonyl (C=O) groups excluding carboxylic acids is 4. The lowest BCUT2D eigenvalue weighted by atomic mass is 9.77. The molecule has 5 aromatic rings. The van der Waals surface area contributed by atoms with Gasteiger partial charge in [-0.2, -0.15) is 5.10 Å². The van der Waals surface area contributed by atoms with Crippen LogP contribution in [0.2, 0.25) is 5.02 Å². The average Bonchev–Trinajstić information content (AvgIpc) is 3.79. The van der Waals surface area contributed by atoms with Crippen LogP contribution in [0.25, 0.3) is 22.0 Å². The quantitative estimate of drug-likeness (QED) is 0.103. The maximum absolute atomic E-state index is 16.2. The van der Waals surface area contributed by atoms with Gasteiger partial charge in [0.1, 0.15) is 11.6 Å². The first kappa shape index (κ1) is 44.2. The summed E-state index contributed by atoms with van der Waals surface area (Å²) in [5.74, 6) is -2.65. The largest absolute Gasteiger partial charge is 0.494 e. The molecule has 1 aromatic heterocycles. The topological polar surface area (TPSA) is 170 Å². The minimum atomic E-state index is -1.08. The van der Waals surface area contributed by atoms with Gasteiger partial charge in [-0.05, 0) is 86.6 Å². The van der Waals surface area contributed by atoms with E-state index in [2.05, 4.69) is 22.0 Å². The van der Waals surface area contributed by atoms with E-state index in [9.17, 15) is 19.2 Å². The standard InChI is InChI=1S/C49H52ClF2N7O6/c1-26-39-37(24-35(51)42(50)41(39)40-33(45(53)61)20-21-36(64-3)43(40)52)65-49(26,29-8-5-4-6-9-29)25-54-30-16-14-28(15-17-30)47(62)55-31-18-12-27(13-19-31)32-10-7-11-34-44(32)58(2)57-46(34)59-23-22-38(60)56-48(59)63/h4-11,20-21,24,26-28,30-31,54H,12-19,22-23,25H2,1-3H3,(H2,53,61)(H,55,62)(H,56,60,63)/t26-,27?,28?,30?,31?,49-/m0/s1. The second-order valence-corrected chi connectivity index (χ2v) is 18.2. The maximum Gasteiger partial charge on any atom is 0.329 e. The molecule has 0 unspecified atom stereocenters. The number of carbonyl (C=O) groups is 4. The number of nitrogens with zero attached hydrogens (tertiary/aromatic N) is 3. The Hall–Kier alpha value is -6.06. The molecular formula is C49H52ClF2N7O6. The van der Waals surface area contributed by atoms with E-state index in [1.807, 2.05) is 61.1 Å². The molecule has 2 aliphatic heterocycles. The van der Waals surface area contributed by atoms with E-state index in [0.29, 0.717) is 30.8 Å². The van der Waals surface area contributed by atoms with Crippen LogP contribution in [-0.2, 0) is 22.2 Å². The van der Waals surface area contributed by atoms with Crippen molar-refractivity contribution in [2.24, 2.45) is 18.7 Å². The van der Waals surface area contributed by atoms with Gasteiger partial charge in [-0.3, -0.25) is 29.3 Å². The first-order chi connectivity index (χ1) is 31.3. The number of methoxy groups -OCH3 is 1. The van der Waals surface area contributed by atoms with Crippen molar-refractivity contribution in [3.63, 3.8) is 0 Å². The molecule has 3 heterocycles. The van der Waals surface area contributed by atoms with Gasteiger partial charge in [-0.25, -0.2) is 13.6 Å². The smallest absolute Gasteiger partial charge is 0.329 e. The summed E-state index contributed by atoms with van der Waals surface area (Å²) in [5, 5.41) is 14.7. The highest BCUT2D eigenvalue weighted by Gasteiger charge is 2.50. The number of ether oxygens (including phenoxy) is 2. The van der Waals surface area contributed by atoms with Crippen LogP contribution in [0.15, 0.2) is 66.7 Å². The lowest BCUT2D eigenvalue weighted by molar-refractivity contribution is -0.127. The molecule has 5 N–H and O–H groups in total. The molecule has 1 saturated heterocycles. The molecule has 2 saturated carbocycles. The molecule has 65 heavy (non-hydrogen) atoms. The molecule has 5 amide bonds. The van der Waals surface area contributed by atoms with Crippen LogP contribution in [0.5, 0.6) is 11.5 Å². The first-order valence-electron chi connectivity index (χ1n) is 22.3. The number of para-hydroxylation sites is 1. The van der Waals surface area contributed by atoms with Gasteiger partial charge in [0.15, 0.2) is 23.0 Å². The summed E-state index contributed by atoms with van der Waals surface area (Å²) in [6.07, 6.45) is 6.63. The number of anilines is 1. The predicted octanol–water partition coefficient (Wildman–Crippen LogP) is 8.11. The second kappa shape index (κ2) is 17.7. The highest BCUT2D eigenvalue weighted by atomic mass is 35.5. The normalized spacial score (nSPS) is 24.3. The Balaban J connectivity index is 0.851. The molecule has 3 fully saturated rings. The van der Waals surface area contributed by atoms with E-state index in [1.54, 1.807) is 0 Å². The van der Waals surface area contributed by atoms with Gasteiger partial charge in [0, 0.05) is 78.6 Å². The molecule has 0 radical (unpaired) electrons. The maximum atomic E-state index is 16.2. The van der Waals surface area contributed by atoms with E-state index in [1.165, 1.54) is 35.8 Å². The van der Waals surface area contributed by atoms with E-state index in [4.69, 9.17) is 31.9 Å². The Morgan fingerprint density at radius 2 is 1.69 bits per heavy atom. The zero-order valence-electron chi connectivity index (χ0n) is 36.5. The number of nitrogens with one attached hydrogen (secondary N) is 3. The van der Waals surface area contributed by atoms with Crippen LogP contribution < -0.4 is 36.1 Å². The molecule has 13 nitrogen and oxygen atoms in total. The molecule has 2 aliphatic carbocycles. The summed E-state index contributed by atoms with van der Waals surface area (Å²) >= 11 is 6.69. The zero-order chi connectivity index (χ0) is 45.7. The number of aromatic nitrogens is 2. The summed E-state index contributed by atoms with van der Waals surface area (Å²) in [4.78, 5) is 52.4. The van der Waals surface area contributed by atoms with E-state index < -0.39 is 35.1 Å². The van der Waals surface area contributed by atoms with E-state index in [-0.39, 0.29) is 81.9 Å². The van der Waals surface area contributed by atoms with Crippen molar-refractivity contribution in [1.82, 2.24) is 25.7 Å². The third-order valence-electron chi connectivity index (χ3n) is 14.2. The van der Waals surface area contributed by atoms with Gasteiger partial charge in [0.25, 0.3) is 0 Å². The number of primary amides is 1. The van der Waals surface area contributed by atoms with E-state index in [0.717, 1.165) is 55.0 Å². The lowest BCUT2D eigenvalue weighted by Crippen LogP contribution is -2.49. The molecule has 16 heteroatoms. The van der Waals surface area contributed by atoms with Gasteiger partial charge in [-0.1, -0.05) is 61.0 Å². The van der Waals surface area contributed by atoms with Crippen molar-refractivity contribution in [3.8, 4) is 22.6 Å². The number of halogens is 3.